The molecule has 0 saturated heterocycles. The average Bonchev–Trinajstić information content (AvgIpc) is 2.36. The van der Waals surface area contributed by atoms with E-state index in [4.69, 9.17) is 0 Å². The Hall–Kier alpha value is -0.570. The fourth-order valence-electron chi connectivity index (χ4n) is 2.01. The molecule has 0 radical (unpaired) electrons. The van der Waals surface area contributed by atoms with Gasteiger partial charge >= 0.3 is 35.8 Å². The molecule has 0 heterocycles. The van der Waals surface area contributed by atoms with Crippen LogP contribution in [-0.2, 0) is 0 Å². The van der Waals surface area contributed by atoms with Gasteiger partial charge in [0.25, 0.3) is 10.2 Å². The first-order valence-electron chi connectivity index (χ1n) is 5.02. The Morgan fingerprint density at radius 3 is 0.958 bits per heavy atom. The van der Waals surface area contributed by atoms with Crippen LogP contribution in [0.5, 0.6) is 0 Å². The van der Waals surface area contributed by atoms with Crippen LogP contribution in [0.25, 0.3) is 0 Å². The molecule has 16 heteroatoms. The summed E-state index contributed by atoms with van der Waals surface area (Å²) in [6.07, 6.45) is -15.9. The fourth-order valence-corrected chi connectivity index (χ4v) is 2.53. The molecule has 1 fully saturated rings. The molecule has 0 N–H and O–H groups in total. The van der Waals surface area contributed by atoms with Crippen LogP contribution >= 0.6 is 15.9 Å². The largest absolute Gasteiger partial charge is 0.435 e. The zero-order valence-corrected chi connectivity index (χ0v) is 11.6. The van der Waals surface area contributed by atoms with Crippen molar-refractivity contribution in [3.05, 3.63) is 0 Å². The number of rotatable bonds is 1. The topological polar surface area (TPSA) is 0 Å². The van der Waals surface area contributed by atoms with Crippen molar-refractivity contribution in [2.75, 3.05) is 0 Å². The lowest BCUT2D eigenvalue weighted by atomic mass is 9.78. The first kappa shape index (κ1) is 21.5. The predicted octanol–water partition coefficient (Wildman–Crippen LogP) is 5.51. The molecule has 2 unspecified atom stereocenters. The van der Waals surface area contributed by atoms with E-state index in [0.717, 1.165) is 0 Å². The SMILES string of the molecule is FC(F)(F)C(F)(C(F)(F)F)C1(F)C(F)(F)C(F)(F)C(F)(Br)C1(F)F. The molecule has 0 aromatic heterocycles. The zero-order chi connectivity index (χ0) is 20.0. The lowest BCUT2D eigenvalue weighted by Gasteiger charge is -2.43. The summed E-state index contributed by atoms with van der Waals surface area (Å²) in [5.41, 5.74) is -16.3. The Bertz CT molecular complexity index is 485. The minimum absolute atomic E-state index is 0.475. The zero-order valence-electron chi connectivity index (χ0n) is 10.0. The smallest absolute Gasteiger partial charge is 0.225 e. The summed E-state index contributed by atoms with van der Waals surface area (Å²) in [5, 5.41) is 0. The van der Waals surface area contributed by atoms with Crippen molar-refractivity contribution in [1.82, 2.24) is 0 Å². The summed E-state index contributed by atoms with van der Waals surface area (Å²) in [4.78, 5) is 0. The molecule has 144 valence electrons. The molecule has 0 bridgehead atoms. The van der Waals surface area contributed by atoms with Crippen LogP contribution in [-0.4, -0.2) is 46.0 Å². The summed E-state index contributed by atoms with van der Waals surface area (Å²) in [6.45, 7) is 0. The number of halogens is 16. The Morgan fingerprint density at radius 1 is 0.500 bits per heavy atom. The molecule has 0 aromatic rings. The number of alkyl halides is 16. The standard InChI is InChI=1S/C8BrF15/c9-3(12)4(13,14)1(10,5(15,16)6(3,17)18)2(11,7(19,20)21)8(22,23)24. The lowest BCUT2D eigenvalue weighted by Crippen LogP contribution is -2.76. The molecule has 0 aromatic carbocycles. The minimum Gasteiger partial charge on any atom is -0.225 e. The van der Waals surface area contributed by atoms with Crippen LogP contribution in [0.3, 0.4) is 0 Å². The molecule has 0 spiro atoms. The molecular formula is C8BrF15. The van der Waals surface area contributed by atoms with Gasteiger partial charge in [0.15, 0.2) is 0 Å². The quantitative estimate of drug-likeness (QED) is 0.357. The minimum atomic E-state index is -8.24. The van der Waals surface area contributed by atoms with E-state index in [2.05, 4.69) is 0 Å². The summed E-state index contributed by atoms with van der Waals surface area (Å²) in [7, 11) is 0. The van der Waals surface area contributed by atoms with Gasteiger partial charge in [-0.15, -0.1) is 0 Å². The van der Waals surface area contributed by atoms with E-state index in [1.807, 2.05) is 0 Å². The normalized spacial score (nSPS) is 36.0. The van der Waals surface area contributed by atoms with Crippen LogP contribution in [0.4, 0.5) is 65.9 Å². The van der Waals surface area contributed by atoms with Crippen molar-refractivity contribution in [1.29, 1.82) is 0 Å². The van der Waals surface area contributed by atoms with E-state index in [1.165, 1.54) is 0 Å². The number of hydrogen-bond acceptors (Lipinski definition) is 0. The first-order valence-corrected chi connectivity index (χ1v) is 5.82. The second-order valence-corrected chi connectivity index (χ2v) is 5.70. The summed E-state index contributed by atoms with van der Waals surface area (Å²) in [6, 6.07) is 0. The van der Waals surface area contributed by atoms with Crippen LogP contribution in [0.2, 0.25) is 0 Å². The van der Waals surface area contributed by atoms with Crippen molar-refractivity contribution < 1.29 is 65.9 Å². The van der Waals surface area contributed by atoms with Crippen LogP contribution < -0.4 is 0 Å². The van der Waals surface area contributed by atoms with Gasteiger partial charge in [0.1, 0.15) is 0 Å². The fraction of sp³-hybridized carbons (Fsp3) is 1.00. The molecule has 0 aliphatic heterocycles. The van der Waals surface area contributed by atoms with Gasteiger partial charge in [-0.2, -0.15) is 52.7 Å². The van der Waals surface area contributed by atoms with Crippen LogP contribution in [0.15, 0.2) is 0 Å². The van der Waals surface area contributed by atoms with Crippen molar-refractivity contribution in [2.45, 2.75) is 46.0 Å². The molecule has 1 saturated carbocycles. The maximum Gasteiger partial charge on any atom is 0.435 e. The second kappa shape index (κ2) is 4.58. The van der Waals surface area contributed by atoms with Crippen molar-refractivity contribution in [3.63, 3.8) is 0 Å². The Labute approximate surface area is 129 Å². The maximum atomic E-state index is 13.8. The second-order valence-electron chi connectivity index (χ2n) is 4.61. The molecule has 1 rings (SSSR count). The summed E-state index contributed by atoms with van der Waals surface area (Å²) in [5.74, 6) is -22.5. The molecule has 0 nitrogen and oxygen atoms in total. The van der Waals surface area contributed by atoms with E-state index < -0.39 is 46.0 Å². The first-order chi connectivity index (χ1) is 10.0. The molecule has 1 aliphatic carbocycles. The molecular weight excluding hydrogens is 461 g/mol. The van der Waals surface area contributed by atoms with E-state index in [1.54, 1.807) is 0 Å². The van der Waals surface area contributed by atoms with Crippen molar-refractivity contribution in [3.8, 4) is 0 Å². The van der Waals surface area contributed by atoms with Crippen molar-refractivity contribution in [2.24, 2.45) is 0 Å². The Kier molecular flexibility index (Phi) is 4.10. The molecule has 1 aliphatic rings. The van der Waals surface area contributed by atoms with Crippen molar-refractivity contribution >= 4 is 15.9 Å². The highest BCUT2D eigenvalue weighted by molar-refractivity contribution is 9.10. The Morgan fingerprint density at radius 2 is 0.792 bits per heavy atom. The van der Waals surface area contributed by atoms with Gasteiger partial charge in [0.2, 0.25) is 0 Å². The predicted molar refractivity (Wildman–Crippen MR) is 47.4 cm³/mol. The highest BCUT2D eigenvalue weighted by Crippen LogP contribution is 2.76. The third kappa shape index (κ3) is 1.75. The third-order valence-electron chi connectivity index (χ3n) is 3.30. The maximum absolute atomic E-state index is 13.8. The van der Waals surface area contributed by atoms with Gasteiger partial charge in [-0.3, -0.25) is 0 Å². The van der Waals surface area contributed by atoms with Crippen LogP contribution in [0, 0.1) is 0 Å². The third-order valence-corrected chi connectivity index (χ3v) is 4.30. The number of hydrogen-bond donors (Lipinski definition) is 0. The van der Waals surface area contributed by atoms with Gasteiger partial charge in [-0.25, -0.2) is 13.2 Å². The van der Waals surface area contributed by atoms with E-state index in [9.17, 15) is 65.9 Å². The molecule has 24 heavy (non-hydrogen) atoms. The van der Waals surface area contributed by atoms with E-state index in [-0.39, 0.29) is 0 Å². The summed E-state index contributed by atoms with van der Waals surface area (Å²) < 4.78 is 187. The summed E-state index contributed by atoms with van der Waals surface area (Å²) >= 11 is 0.475. The van der Waals surface area contributed by atoms with Gasteiger partial charge < -0.3 is 0 Å². The monoisotopic (exact) mass is 460 g/mol. The highest BCUT2D eigenvalue weighted by atomic mass is 79.9. The molecule has 2 atom stereocenters. The Balaban J connectivity index is 4.09. The van der Waals surface area contributed by atoms with E-state index in [0.29, 0.717) is 15.9 Å². The lowest BCUT2D eigenvalue weighted by molar-refractivity contribution is -0.424. The average molecular weight is 461 g/mol. The van der Waals surface area contributed by atoms with Gasteiger partial charge in [-0.1, -0.05) is 0 Å². The van der Waals surface area contributed by atoms with Gasteiger partial charge in [-0.05, 0) is 15.9 Å². The van der Waals surface area contributed by atoms with Gasteiger partial charge in [0, 0.05) is 0 Å². The van der Waals surface area contributed by atoms with Gasteiger partial charge in [0.05, 0.1) is 0 Å². The molecule has 0 amide bonds. The van der Waals surface area contributed by atoms with E-state index >= 15 is 0 Å². The highest BCUT2D eigenvalue weighted by Gasteiger charge is 3.08. The van der Waals surface area contributed by atoms with Crippen LogP contribution in [0.1, 0.15) is 0 Å².